The number of hydrogen-bond acceptors (Lipinski definition) is 4. The molecule has 2 aromatic rings. The van der Waals surface area contributed by atoms with Crippen LogP contribution in [0.2, 0.25) is 0 Å². The van der Waals surface area contributed by atoms with E-state index in [0.717, 1.165) is 61.4 Å². The number of likely N-dealkylation sites (tertiary alicyclic amines) is 1. The topological polar surface area (TPSA) is 85.5 Å². The fourth-order valence-corrected chi connectivity index (χ4v) is 5.44. The highest BCUT2D eigenvalue weighted by Gasteiger charge is 2.28. The Morgan fingerprint density at radius 2 is 1.77 bits per heavy atom. The van der Waals surface area contributed by atoms with Crippen molar-refractivity contribution in [2.45, 2.75) is 78.8 Å². The first-order valence-corrected chi connectivity index (χ1v) is 13.0. The van der Waals surface area contributed by atoms with Gasteiger partial charge in [-0.15, -0.1) is 0 Å². The summed E-state index contributed by atoms with van der Waals surface area (Å²) in [6.07, 6.45) is 6.98. The Bertz CT molecular complexity index is 1160. The van der Waals surface area contributed by atoms with Crippen LogP contribution in [0.3, 0.4) is 0 Å². The van der Waals surface area contributed by atoms with Gasteiger partial charge in [-0.2, -0.15) is 0 Å². The van der Waals surface area contributed by atoms with Crippen molar-refractivity contribution in [3.63, 3.8) is 0 Å². The zero-order chi connectivity index (χ0) is 25.1. The molecule has 1 aromatic carbocycles. The average molecular weight is 479 g/mol. The van der Waals surface area contributed by atoms with E-state index in [9.17, 15) is 14.4 Å². The molecule has 2 fully saturated rings. The zero-order valence-electron chi connectivity index (χ0n) is 21.5. The highest BCUT2D eigenvalue weighted by atomic mass is 16.2. The minimum Gasteiger partial charge on any atom is -0.369 e. The van der Waals surface area contributed by atoms with Gasteiger partial charge in [0.2, 0.25) is 0 Å². The molecule has 1 aliphatic heterocycles. The van der Waals surface area contributed by atoms with Gasteiger partial charge in [-0.25, -0.2) is 0 Å². The Kier molecular flexibility index (Phi) is 7.63. The number of anilines is 1. The lowest BCUT2D eigenvalue weighted by Gasteiger charge is -2.37. The third-order valence-corrected chi connectivity index (χ3v) is 7.60. The van der Waals surface area contributed by atoms with E-state index < -0.39 is 0 Å². The largest absolute Gasteiger partial charge is 0.369 e. The molecule has 2 N–H and O–H groups in total. The van der Waals surface area contributed by atoms with Crippen LogP contribution in [-0.4, -0.2) is 47.4 Å². The molecular formula is C28H38N4O3. The number of nitrogens with one attached hydrogen (secondary N) is 2. The van der Waals surface area contributed by atoms with Crippen molar-refractivity contribution in [3.8, 4) is 0 Å². The lowest BCUT2D eigenvalue weighted by molar-refractivity contribution is 0.0652. The van der Waals surface area contributed by atoms with E-state index in [1.807, 2.05) is 37.8 Å². The highest BCUT2D eigenvalue weighted by molar-refractivity contribution is 6.02. The van der Waals surface area contributed by atoms with Gasteiger partial charge in [0.25, 0.3) is 17.4 Å². The van der Waals surface area contributed by atoms with Gasteiger partial charge in [0.1, 0.15) is 0 Å². The highest BCUT2D eigenvalue weighted by Crippen LogP contribution is 2.32. The molecule has 7 nitrogen and oxygen atoms in total. The molecule has 0 radical (unpaired) electrons. The number of nitrogens with zero attached hydrogens (tertiary/aromatic N) is 2. The predicted molar refractivity (Wildman–Crippen MR) is 139 cm³/mol. The number of benzene rings is 1. The van der Waals surface area contributed by atoms with Crippen molar-refractivity contribution in [1.82, 2.24) is 15.2 Å². The number of aromatic nitrogens is 1. The minimum atomic E-state index is -0.263. The average Bonchev–Trinajstić information content (AvgIpc) is 2.79. The molecular weight excluding hydrogens is 440 g/mol. The van der Waals surface area contributed by atoms with Crippen LogP contribution in [0.5, 0.6) is 0 Å². The van der Waals surface area contributed by atoms with E-state index in [1.165, 1.54) is 19.3 Å². The summed E-state index contributed by atoms with van der Waals surface area (Å²) in [5, 5.41) is 2.94. The fraction of sp³-hybridized carbons (Fsp3) is 0.536. The number of carbonyl (C=O) groups excluding carboxylic acids is 2. The Morgan fingerprint density at radius 1 is 1.06 bits per heavy atom. The Morgan fingerprint density at radius 3 is 2.37 bits per heavy atom. The summed E-state index contributed by atoms with van der Waals surface area (Å²) in [7, 11) is 0. The molecule has 0 atom stereocenters. The van der Waals surface area contributed by atoms with E-state index in [0.29, 0.717) is 22.7 Å². The zero-order valence-corrected chi connectivity index (χ0v) is 21.5. The van der Waals surface area contributed by atoms with E-state index in [4.69, 9.17) is 0 Å². The number of aromatic amines is 1. The summed E-state index contributed by atoms with van der Waals surface area (Å²) < 4.78 is 0. The van der Waals surface area contributed by atoms with Crippen molar-refractivity contribution < 1.29 is 9.59 Å². The smallest absolute Gasteiger partial charge is 0.253 e. The molecule has 188 valence electrons. The second kappa shape index (κ2) is 10.7. The van der Waals surface area contributed by atoms with Crippen LogP contribution >= 0.6 is 0 Å². The van der Waals surface area contributed by atoms with E-state index >= 15 is 0 Å². The van der Waals surface area contributed by atoms with Gasteiger partial charge in [-0.3, -0.25) is 14.4 Å². The van der Waals surface area contributed by atoms with Gasteiger partial charge in [0.15, 0.2) is 0 Å². The number of H-pyrrole nitrogens is 1. The fourth-order valence-electron chi connectivity index (χ4n) is 5.44. The van der Waals surface area contributed by atoms with Gasteiger partial charge < -0.3 is 20.1 Å². The molecule has 0 unspecified atom stereocenters. The molecule has 4 rings (SSSR count). The number of pyridine rings is 1. The second-order valence-electron chi connectivity index (χ2n) is 10.0. The van der Waals surface area contributed by atoms with Crippen molar-refractivity contribution in [2.24, 2.45) is 0 Å². The molecule has 1 saturated carbocycles. The lowest BCUT2D eigenvalue weighted by atomic mass is 9.92. The molecule has 35 heavy (non-hydrogen) atoms. The first-order chi connectivity index (χ1) is 16.8. The Balaban J connectivity index is 1.68. The van der Waals surface area contributed by atoms with Gasteiger partial charge in [-0.1, -0.05) is 19.3 Å². The number of carbonyl (C=O) groups is 2. The molecule has 2 heterocycles. The molecule has 0 bridgehead atoms. The summed E-state index contributed by atoms with van der Waals surface area (Å²) in [6.45, 7) is 10.3. The number of amides is 2. The molecule has 1 aromatic heterocycles. The first-order valence-electron chi connectivity index (χ1n) is 13.0. The summed E-state index contributed by atoms with van der Waals surface area (Å²) in [5.74, 6) is -0.279. The number of hydrogen-bond donors (Lipinski definition) is 2. The maximum atomic E-state index is 13.4. The maximum absolute atomic E-state index is 13.4. The molecule has 1 saturated heterocycles. The Hall–Kier alpha value is -3.09. The van der Waals surface area contributed by atoms with E-state index in [1.54, 1.807) is 6.07 Å². The van der Waals surface area contributed by atoms with Crippen LogP contribution in [0.25, 0.3) is 0 Å². The van der Waals surface area contributed by atoms with Crippen LogP contribution in [0.4, 0.5) is 5.69 Å². The van der Waals surface area contributed by atoms with Crippen molar-refractivity contribution >= 4 is 17.5 Å². The van der Waals surface area contributed by atoms with E-state index in [2.05, 4.69) is 22.1 Å². The van der Waals surface area contributed by atoms with Crippen molar-refractivity contribution in [3.05, 3.63) is 62.1 Å². The number of aryl methyl sites for hydroxylation is 2. The summed E-state index contributed by atoms with van der Waals surface area (Å²) in [6, 6.07) is 6.05. The monoisotopic (exact) mass is 478 g/mol. The second-order valence-corrected chi connectivity index (χ2v) is 10.0. The molecule has 7 heteroatoms. The lowest BCUT2D eigenvalue weighted by Crippen LogP contribution is -2.42. The van der Waals surface area contributed by atoms with Crippen molar-refractivity contribution in [2.75, 3.05) is 24.5 Å². The summed E-state index contributed by atoms with van der Waals surface area (Å²) in [4.78, 5) is 46.1. The van der Waals surface area contributed by atoms with Crippen LogP contribution in [0.1, 0.15) is 88.5 Å². The summed E-state index contributed by atoms with van der Waals surface area (Å²) >= 11 is 0. The summed E-state index contributed by atoms with van der Waals surface area (Å²) in [5.41, 5.74) is 4.92. The SMILES string of the molecule is CCN(c1cc(C(=O)N2CCC2)cc(C(=O)NCc2c(C)cc(C)[nH]c2=O)c1C)C1CCCCC1. The maximum Gasteiger partial charge on any atom is 0.253 e. The quantitative estimate of drug-likeness (QED) is 0.624. The van der Waals surface area contributed by atoms with Gasteiger partial charge in [-0.05, 0) is 76.3 Å². The van der Waals surface area contributed by atoms with Gasteiger partial charge >= 0.3 is 0 Å². The number of rotatable bonds is 7. The standard InChI is InChI=1S/C28H38N4O3/c1-5-32(22-10-7-6-8-11-22)25-16-21(28(35)31-12-9-13-31)15-23(20(25)4)26(33)29-17-24-18(2)14-19(3)30-27(24)34/h14-16,22H,5-13,17H2,1-4H3,(H,29,33)(H,30,34). The Labute approximate surface area is 207 Å². The van der Waals surface area contributed by atoms with Crippen LogP contribution in [-0.2, 0) is 6.54 Å². The first kappa shape index (κ1) is 25.0. The third-order valence-electron chi connectivity index (χ3n) is 7.60. The van der Waals surface area contributed by atoms with Crippen LogP contribution < -0.4 is 15.8 Å². The van der Waals surface area contributed by atoms with Gasteiger partial charge in [0.05, 0.1) is 0 Å². The van der Waals surface area contributed by atoms with Crippen LogP contribution in [0, 0.1) is 20.8 Å². The van der Waals surface area contributed by atoms with E-state index in [-0.39, 0.29) is 23.9 Å². The molecule has 0 spiro atoms. The van der Waals surface area contributed by atoms with Crippen LogP contribution in [0.15, 0.2) is 23.0 Å². The third kappa shape index (κ3) is 5.29. The predicted octanol–water partition coefficient (Wildman–Crippen LogP) is 4.24. The molecule has 2 aliphatic rings. The molecule has 2 amide bonds. The minimum absolute atomic E-state index is 0.0166. The van der Waals surface area contributed by atoms with Crippen molar-refractivity contribution in [1.29, 1.82) is 0 Å². The normalized spacial score (nSPS) is 16.1. The molecule has 1 aliphatic carbocycles. The van der Waals surface area contributed by atoms with Gasteiger partial charge in [0, 0.05) is 60.3 Å².